The molecule has 1 aromatic heterocycles. The number of benzene rings is 2. The maximum Gasteiger partial charge on any atom is 0.270 e. The number of hydrogen-bond donors (Lipinski definition) is 2. The monoisotopic (exact) mass is 378 g/mol. The number of ether oxygens (including phenoxy) is 1. The topological polar surface area (TPSA) is 96.4 Å². The Morgan fingerprint density at radius 2 is 2.00 bits per heavy atom. The Morgan fingerprint density at radius 1 is 1.21 bits per heavy atom. The van der Waals surface area contributed by atoms with E-state index in [4.69, 9.17) is 4.74 Å². The lowest BCUT2D eigenvalue weighted by molar-refractivity contribution is -0.121. The molecule has 3 rings (SSSR count). The minimum absolute atomic E-state index is 0.121. The quantitative estimate of drug-likeness (QED) is 0.465. The number of aromatic nitrogens is 2. The first-order chi connectivity index (χ1) is 13.7. The van der Waals surface area contributed by atoms with Gasteiger partial charge in [0.05, 0.1) is 23.9 Å². The molecular weight excluding hydrogens is 356 g/mol. The van der Waals surface area contributed by atoms with Crippen LogP contribution < -0.4 is 15.7 Å². The normalized spacial score (nSPS) is 11.0. The number of carbonyl (C=O) groups is 1. The number of nitrogens with one attached hydrogen (secondary N) is 2. The highest BCUT2D eigenvalue weighted by atomic mass is 16.5. The van der Waals surface area contributed by atoms with Crippen molar-refractivity contribution in [3.8, 4) is 5.75 Å². The van der Waals surface area contributed by atoms with Gasteiger partial charge in [-0.3, -0.25) is 9.59 Å². The van der Waals surface area contributed by atoms with Gasteiger partial charge in [0.2, 0.25) is 5.91 Å². The van der Waals surface area contributed by atoms with E-state index in [1.807, 2.05) is 42.5 Å². The zero-order chi connectivity index (χ0) is 19.8. The number of aryl methyl sites for hydroxylation is 1. The van der Waals surface area contributed by atoms with Crippen LogP contribution in [-0.4, -0.2) is 28.7 Å². The van der Waals surface area contributed by atoms with Gasteiger partial charge in [0.25, 0.3) is 5.56 Å². The van der Waals surface area contributed by atoms with Crippen molar-refractivity contribution >= 4 is 23.2 Å². The Bertz CT molecular complexity index is 1030. The van der Waals surface area contributed by atoms with E-state index in [2.05, 4.69) is 27.4 Å². The number of amides is 1. The molecule has 2 aromatic carbocycles. The SMILES string of the molecule is CCCOc1ccc(/C=N/NC(=O)CCc2nc3ccccc3[nH]c2=O)cc1. The fraction of sp³-hybridized carbons (Fsp3) is 0.238. The van der Waals surface area contributed by atoms with E-state index < -0.39 is 0 Å². The smallest absolute Gasteiger partial charge is 0.270 e. The fourth-order valence-electron chi connectivity index (χ4n) is 2.57. The van der Waals surface area contributed by atoms with Crippen molar-refractivity contribution in [3.63, 3.8) is 0 Å². The van der Waals surface area contributed by atoms with Crippen LogP contribution in [0.15, 0.2) is 58.4 Å². The molecule has 2 N–H and O–H groups in total. The standard InChI is InChI=1S/C21H22N4O3/c1-2-13-28-16-9-7-15(8-10-16)14-22-25-20(26)12-11-19-21(27)24-18-6-4-3-5-17(18)23-19/h3-10,14H,2,11-13H2,1H3,(H,24,27)(H,25,26)/b22-14+. The van der Waals surface area contributed by atoms with Crippen LogP contribution in [0.4, 0.5) is 0 Å². The first kappa shape index (κ1) is 19.3. The molecule has 28 heavy (non-hydrogen) atoms. The first-order valence-electron chi connectivity index (χ1n) is 9.18. The summed E-state index contributed by atoms with van der Waals surface area (Å²) >= 11 is 0. The molecule has 0 saturated heterocycles. The van der Waals surface area contributed by atoms with Gasteiger partial charge < -0.3 is 9.72 Å². The van der Waals surface area contributed by atoms with E-state index in [-0.39, 0.29) is 24.3 Å². The molecule has 3 aromatic rings. The number of rotatable bonds is 8. The van der Waals surface area contributed by atoms with Crippen LogP contribution in [0.1, 0.15) is 31.0 Å². The van der Waals surface area contributed by atoms with Crippen molar-refractivity contribution in [1.29, 1.82) is 0 Å². The Hall–Kier alpha value is -3.48. The number of aromatic amines is 1. The Balaban J connectivity index is 1.51. The van der Waals surface area contributed by atoms with Crippen molar-refractivity contribution in [2.45, 2.75) is 26.2 Å². The first-order valence-corrected chi connectivity index (χ1v) is 9.18. The Kier molecular flexibility index (Phi) is 6.51. The fourth-order valence-corrected chi connectivity index (χ4v) is 2.57. The maximum atomic E-state index is 12.0. The summed E-state index contributed by atoms with van der Waals surface area (Å²) in [6.07, 6.45) is 2.87. The number of fused-ring (bicyclic) bond motifs is 1. The lowest BCUT2D eigenvalue weighted by Gasteiger charge is -2.04. The van der Waals surface area contributed by atoms with Crippen molar-refractivity contribution < 1.29 is 9.53 Å². The van der Waals surface area contributed by atoms with Crippen LogP contribution in [0, 0.1) is 0 Å². The average molecular weight is 378 g/mol. The lowest BCUT2D eigenvalue weighted by atomic mass is 10.2. The van der Waals surface area contributed by atoms with Gasteiger partial charge in [0.1, 0.15) is 11.4 Å². The van der Waals surface area contributed by atoms with Gasteiger partial charge in [-0.1, -0.05) is 19.1 Å². The average Bonchev–Trinajstić information content (AvgIpc) is 2.71. The van der Waals surface area contributed by atoms with Gasteiger partial charge in [-0.05, 0) is 48.4 Å². The number of nitrogens with zero attached hydrogens (tertiary/aromatic N) is 2. The van der Waals surface area contributed by atoms with E-state index in [1.54, 1.807) is 12.3 Å². The zero-order valence-corrected chi connectivity index (χ0v) is 15.6. The predicted octanol–water partition coefficient (Wildman–Crippen LogP) is 2.79. The molecular formula is C21H22N4O3. The summed E-state index contributed by atoms with van der Waals surface area (Å²) in [4.78, 5) is 31.1. The van der Waals surface area contributed by atoms with E-state index in [9.17, 15) is 9.59 Å². The van der Waals surface area contributed by atoms with Crippen LogP contribution in [0.2, 0.25) is 0 Å². The highest BCUT2D eigenvalue weighted by molar-refractivity contribution is 5.82. The Labute approximate surface area is 162 Å². The molecule has 144 valence electrons. The highest BCUT2D eigenvalue weighted by Crippen LogP contribution is 2.11. The van der Waals surface area contributed by atoms with Gasteiger partial charge >= 0.3 is 0 Å². The summed E-state index contributed by atoms with van der Waals surface area (Å²) in [7, 11) is 0. The molecule has 1 heterocycles. The molecule has 0 spiro atoms. The Morgan fingerprint density at radius 3 is 2.79 bits per heavy atom. The molecule has 0 fully saturated rings. The van der Waals surface area contributed by atoms with Gasteiger partial charge in [-0.2, -0.15) is 5.10 Å². The second kappa shape index (κ2) is 9.45. The molecule has 7 heteroatoms. The summed E-state index contributed by atoms with van der Waals surface area (Å²) in [5, 5.41) is 3.95. The molecule has 0 unspecified atom stereocenters. The van der Waals surface area contributed by atoms with Gasteiger partial charge in [0.15, 0.2) is 0 Å². The molecule has 0 aliphatic heterocycles. The van der Waals surface area contributed by atoms with E-state index in [0.29, 0.717) is 23.3 Å². The summed E-state index contributed by atoms with van der Waals surface area (Å²) in [5.74, 6) is 0.518. The molecule has 0 aliphatic rings. The van der Waals surface area contributed by atoms with Gasteiger partial charge in [0, 0.05) is 12.8 Å². The van der Waals surface area contributed by atoms with Crippen LogP contribution in [0.25, 0.3) is 11.0 Å². The predicted molar refractivity (Wildman–Crippen MR) is 109 cm³/mol. The second-order valence-corrected chi connectivity index (χ2v) is 6.24. The molecule has 0 aliphatic carbocycles. The summed E-state index contributed by atoms with van der Waals surface area (Å²) in [6.45, 7) is 2.73. The third-order valence-electron chi connectivity index (χ3n) is 4.01. The van der Waals surface area contributed by atoms with E-state index >= 15 is 0 Å². The second-order valence-electron chi connectivity index (χ2n) is 6.24. The van der Waals surface area contributed by atoms with Crippen molar-refractivity contribution in [3.05, 3.63) is 70.1 Å². The van der Waals surface area contributed by atoms with Crippen molar-refractivity contribution in [2.75, 3.05) is 6.61 Å². The summed E-state index contributed by atoms with van der Waals surface area (Å²) in [6, 6.07) is 14.7. The van der Waals surface area contributed by atoms with Crippen molar-refractivity contribution in [2.24, 2.45) is 5.10 Å². The molecule has 0 atom stereocenters. The largest absolute Gasteiger partial charge is 0.494 e. The zero-order valence-electron chi connectivity index (χ0n) is 15.6. The highest BCUT2D eigenvalue weighted by Gasteiger charge is 2.07. The molecule has 0 radical (unpaired) electrons. The molecule has 0 bridgehead atoms. The minimum Gasteiger partial charge on any atom is -0.494 e. The number of para-hydroxylation sites is 2. The number of hydrogen-bond acceptors (Lipinski definition) is 5. The van der Waals surface area contributed by atoms with Gasteiger partial charge in [-0.25, -0.2) is 10.4 Å². The minimum atomic E-state index is -0.284. The maximum absolute atomic E-state index is 12.0. The van der Waals surface area contributed by atoms with E-state index in [1.165, 1.54) is 0 Å². The van der Waals surface area contributed by atoms with Gasteiger partial charge in [-0.15, -0.1) is 0 Å². The van der Waals surface area contributed by atoms with E-state index in [0.717, 1.165) is 17.7 Å². The third kappa shape index (κ3) is 5.26. The third-order valence-corrected chi connectivity index (χ3v) is 4.01. The summed E-state index contributed by atoms with van der Waals surface area (Å²) in [5.41, 5.74) is 4.74. The number of hydrazone groups is 1. The summed E-state index contributed by atoms with van der Waals surface area (Å²) < 4.78 is 5.51. The lowest BCUT2D eigenvalue weighted by Crippen LogP contribution is -2.21. The van der Waals surface area contributed by atoms with Crippen molar-refractivity contribution in [1.82, 2.24) is 15.4 Å². The molecule has 7 nitrogen and oxygen atoms in total. The van der Waals surface area contributed by atoms with Crippen LogP contribution in [-0.2, 0) is 11.2 Å². The number of carbonyl (C=O) groups excluding carboxylic acids is 1. The molecule has 1 amide bonds. The number of H-pyrrole nitrogens is 1. The van der Waals surface area contributed by atoms with Crippen LogP contribution in [0.5, 0.6) is 5.75 Å². The molecule has 0 saturated carbocycles. The van der Waals surface area contributed by atoms with Crippen LogP contribution >= 0.6 is 0 Å². The van der Waals surface area contributed by atoms with Crippen LogP contribution in [0.3, 0.4) is 0 Å².